The van der Waals surface area contributed by atoms with Crippen molar-refractivity contribution in [1.29, 1.82) is 0 Å². The highest BCUT2D eigenvalue weighted by Crippen LogP contribution is 2.33. The first kappa shape index (κ1) is 12.4. The highest BCUT2D eigenvalue weighted by atomic mass is 19.1. The molecule has 0 aliphatic heterocycles. The highest BCUT2D eigenvalue weighted by Gasteiger charge is 2.25. The molecule has 1 aromatic rings. The minimum atomic E-state index is -0.133. The van der Waals surface area contributed by atoms with Crippen molar-refractivity contribution in [3.8, 4) is 0 Å². The number of nitrogens with zero attached hydrogens (tertiary/aromatic N) is 1. The first-order valence-corrected chi connectivity index (χ1v) is 6.32. The van der Waals surface area contributed by atoms with Crippen molar-refractivity contribution >= 4 is 5.69 Å². The van der Waals surface area contributed by atoms with Crippen molar-refractivity contribution in [3.63, 3.8) is 0 Å². The molecule has 0 amide bonds. The van der Waals surface area contributed by atoms with E-state index in [1.165, 1.54) is 18.9 Å². The normalized spacial score (nSPS) is 16.9. The summed E-state index contributed by atoms with van der Waals surface area (Å²) in [7, 11) is 1.97. The molecule has 1 atom stereocenters. The largest absolute Gasteiger partial charge is 0.372 e. The molecule has 0 saturated heterocycles. The summed E-state index contributed by atoms with van der Waals surface area (Å²) in [5, 5.41) is 0. The number of hydrogen-bond donors (Lipinski definition) is 1. The Labute approximate surface area is 103 Å². The van der Waals surface area contributed by atoms with Gasteiger partial charge in [-0.05, 0) is 43.7 Å². The van der Waals surface area contributed by atoms with E-state index in [0.29, 0.717) is 0 Å². The van der Waals surface area contributed by atoms with Gasteiger partial charge in [0, 0.05) is 19.6 Å². The average Bonchev–Trinajstić information content (AvgIpc) is 3.00. The Balaban J connectivity index is 2.21. The molecule has 2 nitrogen and oxygen atoms in total. The fraction of sp³-hybridized carbons (Fsp3) is 0.571. The van der Waals surface area contributed by atoms with Gasteiger partial charge in [-0.25, -0.2) is 4.39 Å². The van der Waals surface area contributed by atoms with Gasteiger partial charge in [-0.2, -0.15) is 0 Å². The van der Waals surface area contributed by atoms with Crippen molar-refractivity contribution in [2.24, 2.45) is 11.7 Å². The molecule has 0 bridgehead atoms. The molecule has 1 aromatic carbocycles. The third-order valence-corrected chi connectivity index (χ3v) is 3.22. The van der Waals surface area contributed by atoms with Gasteiger partial charge in [-0.1, -0.05) is 12.1 Å². The molecule has 1 saturated carbocycles. The van der Waals surface area contributed by atoms with Crippen molar-refractivity contribution in [2.45, 2.75) is 32.2 Å². The molecule has 3 heteroatoms. The lowest BCUT2D eigenvalue weighted by Crippen LogP contribution is -2.25. The molecule has 17 heavy (non-hydrogen) atoms. The second kappa shape index (κ2) is 5.05. The fourth-order valence-electron chi connectivity index (χ4n) is 2.28. The number of nitrogens with two attached hydrogens (primary N) is 1. The first-order valence-electron chi connectivity index (χ1n) is 6.32. The standard InChI is InChI=1S/C14H21FN2/c1-10(16)8-12-4-3-5-13(15)14(12)17(2)9-11-6-7-11/h3-5,10-11H,6-9,16H2,1-2H3. The average molecular weight is 236 g/mol. The number of rotatable bonds is 5. The van der Waals surface area contributed by atoms with Crippen molar-refractivity contribution in [2.75, 3.05) is 18.5 Å². The molecular weight excluding hydrogens is 215 g/mol. The Morgan fingerprint density at radius 3 is 2.76 bits per heavy atom. The van der Waals surface area contributed by atoms with Crippen LogP contribution in [0.1, 0.15) is 25.3 Å². The maximum Gasteiger partial charge on any atom is 0.146 e. The lowest BCUT2D eigenvalue weighted by molar-refractivity contribution is 0.613. The van der Waals surface area contributed by atoms with Gasteiger partial charge in [-0.15, -0.1) is 0 Å². The molecule has 0 heterocycles. The summed E-state index contributed by atoms with van der Waals surface area (Å²) in [6.45, 7) is 2.91. The zero-order chi connectivity index (χ0) is 12.4. The maximum absolute atomic E-state index is 13.9. The highest BCUT2D eigenvalue weighted by molar-refractivity contribution is 5.54. The first-order chi connectivity index (χ1) is 8.08. The number of halogens is 1. The smallest absolute Gasteiger partial charge is 0.146 e. The third kappa shape index (κ3) is 3.19. The Morgan fingerprint density at radius 1 is 1.47 bits per heavy atom. The molecule has 1 aliphatic rings. The van der Waals surface area contributed by atoms with Crippen LogP contribution in [0.15, 0.2) is 18.2 Å². The molecule has 2 N–H and O–H groups in total. The monoisotopic (exact) mass is 236 g/mol. The summed E-state index contributed by atoms with van der Waals surface area (Å²) in [5.74, 6) is 0.619. The molecule has 94 valence electrons. The zero-order valence-corrected chi connectivity index (χ0v) is 10.6. The summed E-state index contributed by atoms with van der Waals surface area (Å²) < 4.78 is 13.9. The molecule has 0 radical (unpaired) electrons. The lowest BCUT2D eigenvalue weighted by Gasteiger charge is -2.23. The van der Waals surface area contributed by atoms with E-state index in [1.807, 2.05) is 24.9 Å². The Bertz CT molecular complexity index is 386. The summed E-state index contributed by atoms with van der Waals surface area (Å²) in [5.41, 5.74) is 7.57. The van der Waals surface area contributed by atoms with Crippen LogP contribution in [0.3, 0.4) is 0 Å². The molecule has 0 aromatic heterocycles. The SMILES string of the molecule is CC(N)Cc1cccc(F)c1N(C)CC1CC1. The van der Waals surface area contributed by atoms with Crippen molar-refractivity contribution < 1.29 is 4.39 Å². The number of benzene rings is 1. The van der Waals surface area contributed by atoms with Crippen molar-refractivity contribution in [3.05, 3.63) is 29.6 Å². The van der Waals surface area contributed by atoms with Crippen LogP contribution in [0.2, 0.25) is 0 Å². The van der Waals surface area contributed by atoms with Crippen LogP contribution in [0.25, 0.3) is 0 Å². The summed E-state index contributed by atoms with van der Waals surface area (Å²) in [6, 6.07) is 5.33. The zero-order valence-electron chi connectivity index (χ0n) is 10.6. The molecule has 0 spiro atoms. The van der Waals surface area contributed by atoms with Gasteiger partial charge >= 0.3 is 0 Å². The fourth-order valence-corrected chi connectivity index (χ4v) is 2.28. The van der Waals surface area contributed by atoms with E-state index < -0.39 is 0 Å². The number of anilines is 1. The van der Waals surface area contributed by atoms with E-state index >= 15 is 0 Å². The number of hydrogen-bond acceptors (Lipinski definition) is 2. The van der Waals surface area contributed by atoms with E-state index in [9.17, 15) is 4.39 Å². The van der Waals surface area contributed by atoms with Gasteiger partial charge in [0.15, 0.2) is 0 Å². The molecule has 1 fully saturated rings. The van der Waals surface area contributed by atoms with Gasteiger partial charge in [0.05, 0.1) is 5.69 Å². The van der Waals surface area contributed by atoms with E-state index in [4.69, 9.17) is 5.73 Å². The van der Waals surface area contributed by atoms with E-state index in [2.05, 4.69) is 0 Å². The predicted molar refractivity (Wildman–Crippen MR) is 69.7 cm³/mol. The topological polar surface area (TPSA) is 29.3 Å². The van der Waals surface area contributed by atoms with Crippen LogP contribution in [-0.4, -0.2) is 19.6 Å². The quantitative estimate of drug-likeness (QED) is 0.851. The summed E-state index contributed by atoms with van der Waals surface area (Å²) >= 11 is 0. The van der Waals surface area contributed by atoms with Crippen molar-refractivity contribution in [1.82, 2.24) is 0 Å². The minimum absolute atomic E-state index is 0.0601. The van der Waals surface area contributed by atoms with Gasteiger partial charge in [-0.3, -0.25) is 0 Å². The maximum atomic E-state index is 13.9. The second-order valence-corrected chi connectivity index (χ2v) is 5.25. The lowest BCUT2D eigenvalue weighted by atomic mass is 10.0. The van der Waals surface area contributed by atoms with Crippen LogP contribution >= 0.6 is 0 Å². The Morgan fingerprint density at radius 2 is 2.18 bits per heavy atom. The molecular formula is C14H21FN2. The Hall–Kier alpha value is -1.09. The number of para-hydroxylation sites is 1. The van der Waals surface area contributed by atoms with E-state index in [1.54, 1.807) is 6.07 Å². The van der Waals surface area contributed by atoms with Crippen LogP contribution in [0.4, 0.5) is 10.1 Å². The second-order valence-electron chi connectivity index (χ2n) is 5.25. The van der Waals surface area contributed by atoms with Crippen LogP contribution in [-0.2, 0) is 6.42 Å². The van der Waals surface area contributed by atoms with E-state index in [-0.39, 0.29) is 11.9 Å². The van der Waals surface area contributed by atoms with Crippen LogP contribution < -0.4 is 10.6 Å². The van der Waals surface area contributed by atoms with Gasteiger partial charge < -0.3 is 10.6 Å². The minimum Gasteiger partial charge on any atom is -0.372 e. The predicted octanol–water partition coefficient (Wildman–Crippen LogP) is 2.56. The van der Waals surface area contributed by atoms with Crippen LogP contribution in [0, 0.1) is 11.7 Å². The van der Waals surface area contributed by atoms with Gasteiger partial charge in [0.1, 0.15) is 5.82 Å². The van der Waals surface area contributed by atoms with Gasteiger partial charge in [0.2, 0.25) is 0 Å². The molecule has 2 rings (SSSR count). The Kier molecular flexibility index (Phi) is 3.67. The summed E-state index contributed by atoms with van der Waals surface area (Å²) in [6.07, 6.45) is 3.28. The third-order valence-electron chi connectivity index (χ3n) is 3.22. The molecule has 1 aliphatic carbocycles. The summed E-state index contributed by atoms with van der Waals surface area (Å²) in [4.78, 5) is 2.05. The van der Waals surface area contributed by atoms with Gasteiger partial charge in [0.25, 0.3) is 0 Å². The van der Waals surface area contributed by atoms with Crippen LogP contribution in [0.5, 0.6) is 0 Å². The molecule has 1 unspecified atom stereocenters. The van der Waals surface area contributed by atoms with E-state index in [0.717, 1.165) is 30.1 Å².